The Kier molecular flexibility index (Phi) is 6.45. The summed E-state index contributed by atoms with van der Waals surface area (Å²) in [5.41, 5.74) is 5.17. The third-order valence-electron chi connectivity index (χ3n) is 0.965. The van der Waals surface area contributed by atoms with E-state index in [2.05, 4.69) is 24.1 Å². The van der Waals surface area contributed by atoms with Crippen LogP contribution in [0, 0.1) is 18.8 Å². The molecule has 3 nitrogen and oxygen atoms in total. The van der Waals surface area contributed by atoms with Gasteiger partial charge in [-0.3, -0.25) is 4.79 Å². The molecule has 0 atom stereocenters. The van der Waals surface area contributed by atoms with E-state index >= 15 is 0 Å². The fraction of sp³-hybridized carbons (Fsp3) is 0.500. The van der Waals surface area contributed by atoms with E-state index in [9.17, 15) is 4.79 Å². The van der Waals surface area contributed by atoms with Gasteiger partial charge in [-0.2, -0.15) is 0 Å². The number of hydrogen-bond donors (Lipinski definition) is 2. The molecule has 0 aromatic carbocycles. The van der Waals surface area contributed by atoms with Crippen LogP contribution in [-0.2, 0) is 4.79 Å². The zero-order valence-electron chi connectivity index (χ0n) is 6.52. The second kappa shape index (κ2) is 7.10. The van der Waals surface area contributed by atoms with E-state index in [4.69, 9.17) is 5.73 Å². The van der Waals surface area contributed by atoms with E-state index in [0.717, 1.165) is 0 Å². The first-order valence-electron chi connectivity index (χ1n) is 3.53. The summed E-state index contributed by atoms with van der Waals surface area (Å²) in [4.78, 5) is 10.8. The van der Waals surface area contributed by atoms with Crippen LogP contribution < -0.4 is 11.1 Å². The molecule has 0 rings (SSSR count). The summed E-state index contributed by atoms with van der Waals surface area (Å²) in [6.45, 7) is 4.50. The molecule has 0 spiro atoms. The van der Waals surface area contributed by atoms with Crippen molar-refractivity contribution in [1.82, 2.24) is 5.32 Å². The lowest BCUT2D eigenvalue weighted by molar-refractivity contribution is -0.120. The number of nitrogens with two attached hydrogens (primary N) is 1. The molecule has 0 aliphatic heterocycles. The topological polar surface area (TPSA) is 55.1 Å². The maximum atomic E-state index is 10.8. The van der Waals surface area contributed by atoms with E-state index in [1.54, 1.807) is 0 Å². The largest absolute Gasteiger partial charge is 0.354 e. The molecule has 11 heavy (non-hydrogen) atoms. The van der Waals surface area contributed by atoms with Crippen molar-refractivity contribution in [1.29, 1.82) is 0 Å². The Labute approximate surface area is 67.3 Å². The standard InChI is InChI=1S/C8H13N2O/c1-2-3-4-5-8(11)10-7-6-9/h1-2,5-7,9H2,(H,10,11). The zero-order valence-corrected chi connectivity index (χ0v) is 6.52. The average Bonchev–Trinajstić information content (AvgIpc) is 2.01. The predicted octanol–water partition coefficient (Wildman–Crippen LogP) is -0.321. The molecular weight excluding hydrogens is 140 g/mol. The van der Waals surface area contributed by atoms with Crippen molar-refractivity contribution in [2.45, 2.75) is 12.8 Å². The predicted molar refractivity (Wildman–Crippen MR) is 44.4 cm³/mol. The highest BCUT2D eigenvalue weighted by Gasteiger charge is 1.93. The second-order valence-electron chi connectivity index (χ2n) is 1.92. The number of carbonyl (C=O) groups is 1. The Hall–Kier alpha value is -1.01. The molecular formula is C8H13N2O. The Morgan fingerprint density at radius 3 is 2.82 bits per heavy atom. The van der Waals surface area contributed by atoms with Crippen LogP contribution in [0.3, 0.4) is 0 Å². The van der Waals surface area contributed by atoms with Crippen LogP contribution >= 0.6 is 0 Å². The molecule has 0 heterocycles. The maximum Gasteiger partial charge on any atom is 0.232 e. The molecule has 1 amide bonds. The van der Waals surface area contributed by atoms with Crippen LogP contribution in [0.5, 0.6) is 0 Å². The monoisotopic (exact) mass is 153 g/mol. The van der Waals surface area contributed by atoms with Crippen LogP contribution in [-0.4, -0.2) is 19.0 Å². The van der Waals surface area contributed by atoms with Crippen LogP contribution in [0.1, 0.15) is 12.8 Å². The fourth-order valence-corrected chi connectivity index (χ4v) is 0.505. The van der Waals surface area contributed by atoms with Gasteiger partial charge in [0.25, 0.3) is 0 Å². The van der Waals surface area contributed by atoms with Gasteiger partial charge < -0.3 is 11.1 Å². The third-order valence-corrected chi connectivity index (χ3v) is 0.965. The van der Waals surface area contributed by atoms with Crippen LogP contribution in [0.4, 0.5) is 0 Å². The number of amides is 1. The summed E-state index contributed by atoms with van der Waals surface area (Å²) in [6.07, 6.45) is 0.791. The minimum atomic E-state index is -0.0728. The van der Waals surface area contributed by atoms with Gasteiger partial charge >= 0.3 is 0 Å². The molecule has 0 aliphatic carbocycles. The van der Waals surface area contributed by atoms with Crippen molar-refractivity contribution in [3.8, 4) is 11.8 Å². The number of nitrogens with one attached hydrogen (secondary N) is 1. The van der Waals surface area contributed by atoms with Crippen LogP contribution in [0.15, 0.2) is 0 Å². The number of hydrogen-bond acceptors (Lipinski definition) is 2. The first-order valence-corrected chi connectivity index (χ1v) is 3.53. The summed E-state index contributed by atoms with van der Waals surface area (Å²) >= 11 is 0. The van der Waals surface area contributed by atoms with Gasteiger partial charge in [0.05, 0.1) is 6.42 Å². The van der Waals surface area contributed by atoms with Gasteiger partial charge in [-0.1, -0.05) is 5.92 Å². The van der Waals surface area contributed by atoms with Gasteiger partial charge in [0.2, 0.25) is 5.91 Å². The molecule has 1 radical (unpaired) electrons. The Balaban J connectivity index is 3.37. The van der Waals surface area contributed by atoms with E-state index in [-0.39, 0.29) is 12.3 Å². The van der Waals surface area contributed by atoms with Gasteiger partial charge in [-0.15, -0.1) is 5.92 Å². The molecule has 0 aromatic rings. The first-order chi connectivity index (χ1) is 5.31. The molecule has 0 aliphatic rings. The number of carbonyl (C=O) groups excluding carboxylic acids is 1. The van der Waals surface area contributed by atoms with E-state index in [1.807, 2.05) is 0 Å². The lowest BCUT2D eigenvalue weighted by Gasteiger charge is -1.97. The van der Waals surface area contributed by atoms with Crippen molar-refractivity contribution < 1.29 is 4.79 Å². The SMILES string of the molecule is [CH2]CC#CCC(=O)NCCN. The highest BCUT2D eigenvalue weighted by Crippen LogP contribution is 1.76. The molecule has 0 saturated carbocycles. The molecule has 0 fully saturated rings. The smallest absolute Gasteiger partial charge is 0.232 e. The lowest BCUT2D eigenvalue weighted by atomic mass is 10.3. The van der Waals surface area contributed by atoms with Gasteiger partial charge in [0.15, 0.2) is 0 Å². The second-order valence-corrected chi connectivity index (χ2v) is 1.92. The van der Waals surface area contributed by atoms with Crippen molar-refractivity contribution >= 4 is 5.91 Å². The van der Waals surface area contributed by atoms with Crippen LogP contribution in [0.2, 0.25) is 0 Å². The number of rotatable bonds is 3. The highest BCUT2D eigenvalue weighted by atomic mass is 16.1. The maximum absolute atomic E-state index is 10.8. The summed E-state index contributed by atoms with van der Waals surface area (Å²) in [5, 5.41) is 2.60. The molecule has 0 unspecified atom stereocenters. The summed E-state index contributed by atoms with van der Waals surface area (Å²) in [7, 11) is 0. The van der Waals surface area contributed by atoms with Gasteiger partial charge in [-0.25, -0.2) is 0 Å². The Bertz CT molecular complexity index is 167. The lowest BCUT2D eigenvalue weighted by Crippen LogP contribution is -2.28. The van der Waals surface area contributed by atoms with Gasteiger partial charge in [0.1, 0.15) is 0 Å². The molecule has 3 N–H and O–H groups in total. The van der Waals surface area contributed by atoms with Crippen molar-refractivity contribution in [3.05, 3.63) is 6.92 Å². The summed E-state index contributed by atoms with van der Waals surface area (Å²) < 4.78 is 0. The fourth-order valence-electron chi connectivity index (χ4n) is 0.505. The quantitative estimate of drug-likeness (QED) is 0.546. The first kappa shape index (κ1) is 9.99. The molecule has 61 valence electrons. The van der Waals surface area contributed by atoms with Gasteiger partial charge in [-0.05, 0) is 6.92 Å². The zero-order chi connectivity index (χ0) is 8.53. The van der Waals surface area contributed by atoms with E-state index in [1.165, 1.54) is 0 Å². The van der Waals surface area contributed by atoms with Crippen molar-refractivity contribution in [2.24, 2.45) is 5.73 Å². The molecule has 3 heteroatoms. The minimum absolute atomic E-state index is 0.0728. The Morgan fingerprint density at radius 1 is 1.55 bits per heavy atom. The Morgan fingerprint density at radius 2 is 2.27 bits per heavy atom. The minimum Gasteiger partial charge on any atom is -0.354 e. The molecule has 0 saturated heterocycles. The van der Waals surface area contributed by atoms with Crippen LogP contribution in [0.25, 0.3) is 0 Å². The summed E-state index contributed by atoms with van der Waals surface area (Å²) in [6, 6.07) is 0. The average molecular weight is 153 g/mol. The third kappa shape index (κ3) is 6.88. The summed E-state index contributed by atoms with van der Waals surface area (Å²) in [5.74, 6) is 5.31. The van der Waals surface area contributed by atoms with E-state index in [0.29, 0.717) is 19.5 Å². The van der Waals surface area contributed by atoms with Crippen molar-refractivity contribution in [2.75, 3.05) is 13.1 Å². The molecule has 0 bridgehead atoms. The molecule has 0 aromatic heterocycles. The van der Waals surface area contributed by atoms with E-state index < -0.39 is 0 Å². The normalized spacial score (nSPS) is 8.18. The van der Waals surface area contributed by atoms with Gasteiger partial charge in [0, 0.05) is 19.5 Å². The highest BCUT2D eigenvalue weighted by molar-refractivity contribution is 5.78. The van der Waals surface area contributed by atoms with Crippen molar-refractivity contribution in [3.63, 3.8) is 0 Å².